The maximum Gasteiger partial charge on any atom is 0.419 e. The van der Waals surface area contributed by atoms with E-state index in [0.29, 0.717) is 6.54 Å². The van der Waals surface area contributed by atoms with Crippen LogP contribution in [0.4, 0.5) is 19.0 Å². The van der Waals surface area contributed by atoms with Crippen molar-refractivity contribution in [2.75, 3.05) is 18.0 Å². The number of nitrogens with one attached hydrogen (secondary N) is 1. The number of halogens is 3. The maximum absolute atomic E-state index is 13.0. The van der Waals surface area contributed by atoms with Gasteiger partial charge in [0.1, 0.15) is 5.82 Å². The molecule has 1 heterocycles. The Morgan fingerprint density at radius 2 is 2.10 bits per heavy atom. The summed E-state index contributed by atoms with van der Waals surface area (Å²) in [5.74, 6) is 0.0169. The van der Waals surface area contributed by atoms with Crippen LogP contribution < -0.4 is 10.6 Å². The van der Waals surface area contributed by atoms with E-state index in [1.807, 2.05) is 13.8 Å². The first-order chi connectivity index (χ1) is 9.21. The Hall–Kier alpha value is -1.79. The highest BCUT2D eigenvalue weighted by Gasteiger charge is 2.35. The topological polar surface area (TPSA) is 66.0 Å². The molecule has 3 N–H and O–H groups in total. The molecule has 0 aliphatic heterocycles. The average Bonchev–Trinajstić information content (AvgIpc) is 2.33. The lowest BCUT2D eigenvalue weighted by Gasteiger charge is -2.27. The molecule has 20 heavy (non-hydrogen) atoms. The summed E-state index contributed by atoms with van der Waals surface area (Å²) in [5.41, 5.74) is 4.53. The first kappa shape index (κ1) is 16.3. The number of aromatic nitrogens is 1. The number of hydrogen-bond acceptors (Lipinski definition) is 3. The van der Waals surface area contributed by atoms with Crippen molar-refractivity contribution in [2.45, 2.75) is 26.4 Å². The highest BCUT2D eigenvalue weighted by molar-refractivity contribution is 5.77. The third-order valence-corrected chi connectivity index (χ3v) is 2.63. The van der Waals surface area contributed by atoms with Crippen LogP contribution in [0.2, 0.25) is 0 Å². The van der Waals surface area contributed by atoms with Crippen molar-refractivity contribution in [2.24, 2.45) is 11.7 Å². The van der Waals surface area contributed by atoms with Crippen molar-refractivity contribution in [3.8, 4) is 0 Å². The van der Waals surface area contributed by atoms with Crippen LogP contribution in [0.15, 0.2) is 18.3 Å². The molecular weight excluding hydrogens is 269 g/mol. The monoisotopic (exact) mass is 288 g/mol. The second kappa shape index (κ2) is 6.58. The van der Waals surface area contributed by atoms with E-state index in [1.165, 1.54) is 17.2 Å². The molecule has 0 aliphatic rings. The van der Waals surface area contributed by atoms with Gasteiger partial charge in [-0.2, -0.15) is 13.2 Å². The molecule has 0 unspecified atom stereocenters. The smallest absolute Gasteiger partial charge is 0.388 e. The van der Waals surface area contributed by atoms with Gasteiger partial charge in [0.2, 0.25) is 0 Å². The van der Waals surface area contributed by atoms with Gasteiger partial charge in [0.25, 0.3) is 0 Å². The molecule has 0 saturated heterocycles. The van der Waals surface area contributed by atoms with E-state index in [9.17, 15) is 13.2 Å². The zero-order valence-electron chi connectivity index (χ0n) is 11.5. The molecule has 4 nitrogen and oxygen atoms in total. The van der Waals surface area contributed by atoms with Gasteiger partial charge in [-0.25, -0.2) is 4.98 Å². The van der Waals surface area contributed by atoms with Crippen LogP contribution >= 0.6 is 0 Å². The van der Waals surface area contributed by atoms with E-state index in [-0.39, 0.29) is 30.5 Å². The van der Waals surface area contributed by atoms with E-state index < -0.39 is 11.7 Å². The third-order valence-electron chi connectivity index (χ3n) is 2.63. The van der Waals surface area contributed by atoms with Crippen LogP contribution in [0, 0.1) is 11.3 Å². The quantitative estimate of drug-likeness (QED) is 0.625. The van der Waals surface area contributed by atoms with Gasteiger partial charge in [-0.3, -0.25) is 5.41 Å². The molecule has 0 aromatic carbocycles. The van der Waals surface area contributed by atoms with Crippen LogP contribution in [0.3, 0.4) is 0 Å². The average molecular weight is 288 g/mol. The molecule has 0 fully saturated rings. The van der Waals surface area contributed by atoms with Crippen molar-refractivity contribution in [3.05, 3.63) is 23.9 Å². The minimum atomic E-state index is -4.45. The number of hydrogen-bond donors (Lipinski definition) is 2. The molecule has 0 spiro atoms. The standard InChI is InChI=1S/C13H19F3N4/c1-9(2)8-20(7-5-11(17)18)12-10(13(14,15)16)4-3-6-19-12/h3-4,6,9H,5,7-8H2,1-2H3,(H3,17,18). The number of nitrogens with two attached hydrogens (primary N) is 1. The first-order valence-corrected chi connectivity index (χ1v) is 6.32. The summed E-state index contributed by atoms with van der Waals surface area (Å²) in [6, 6.07) is 2.29. The predicted octanol–water partition coefficient (Wildman–Crippen LogP) is 2.89. The van der Waals surface area contributed by atoms with Gasteiger partial charge in [0.05, 0.1) is 11.4 Å². The van der Waals surface area contributed by atoms with Gasteiger partial charge in [-0.1, -0.05) is 13.8 Å². The van der Waals surface area contributed by atoms with Gasteiger partial charge in [-0.15, -0.1) is 0 Å². The normalized spacial score (nSPS) is 11.7. The Balaban J connectivity index is 3.09. The molecule has 0 radical (unpaired) electrons. The minimum Gasteiger partial charge on any atom is -0.388 e. The Bertz CT molecular complexity index is 457. The summed E-state index contributed by atoms with van der Waals surface area (Å²) >= 11 is 0. The Kier molecular flexibility index (Phi) is 5.35. The lowest BCUT2D eigenvalue weighted by Crippen LogP contribution is -2.33. The molecule has 0 bridgehead atoms. The third kappa shape index (κ3) is 4.71. The number of nitrogens with zero attached hydrogens (tertiary/aromatic N) is 2. The van der Waals surface area contributed by atoms with Crippen molar-refractivity contribution >= 4 is 11.7 Å². The number of rotatable bonds is 6. The number of alkyl halides is 3. The minimum absolute atomic E-state index is 0.0526. The number of anilines is 1. The van der Waals surface area contributed by atoms with Crippen LogP contribution in [0.1, 0.15) is 25.8 Å². The van der Waals surface area contributed by atoms with Crippen molar-refractivity contribution < 1.29 is 13.2 Å². The summed E-state index contributed by atoms with van der Waals surface area (Å²) in [6.07, 6.45) is -2.90. The fourth-order valence-electron chi connectivity index (χ4n) is 1.85. The molecule has 0 amide bonds. The lowest BCUT2D eigenvalue weighted by molar-refractivity contribution is -0.137. The van der Waals surface area contributed by atoms with Gasteiger partial charge in [0.15, 0.2) is 0 Å². The van der Waals surface area contributed by atoms with E-state index >= 15 is 0 Å². The van der Waals surface area contributed by atoms with Crippen LogP contribution in [0.5, 0.6) is 0 Å². The van der Waals surface area contributed by atoms with E-state index in [0.717, 1.165) is 6.07 Å². The van der Waals surface area contributed by atoms with Gasteiger partial charge < -0.3 is 10.6 Å². The fourth-order valence-corrected chi connectivity index (χ4v) is 1.85. The van der Waals surface area contributed by atoms with Gasteiger partial charge in [0, 0.05) is 25.7 Å². The molecule has 0 saturated carbocycles. The molecule has 1 aromatic heterocycles. The Morgan fingerprint density at radius 3 is 2.60 bits per heavy atom. The van der Waals surface area contributed by atoms with E-state index in [2.05, 4.69) is 4.98 Å². The van der Waals surface area contributed by atoms with Crippen molar-refractivity contribution in [3.63, 3.8) is 0 Å². The highest BCUT2D eigenvalue weighted by atomic mass is 19.4. The molecule has 112 valence electrons. The predicted molar refractivity (Wildman–Crippen MR) is 72.8 cm³/mol. The molecule has 0 aliphatic carbocycles. The van der Waals surface area contributed by atoms with Crippen molar-refractivity contribution in [1.82, 2.24) is 4.98 Å². The summed E-state index contributed by atoms with van der Waals surface area (Å²) in [6.45, 7) is 4.49. The SMILES string of the molecule is CC(C)CN(CCC(=N)N)c1ncccc1C(F)(F)F. The lowest BCUT2D eigenvalue weighted by atomic mass is 10.1. The maximum atomic E-state index is 13.0. The first-order valence-electron chi connectivity index (χ1n) is 6.32. The van der Waals surface area contributed by atoms with E-state index in [4.69, 9.17) is 11.1 Å². The highest BCUT2D eigenvalue weighted by Crippen LogP contribution is 2.35. The summed E-state index contributed by atoms with van der Waals surface area (Å²) in [7, 11) is 0. The molecule has 0 atom stereocenters. The van der Waals surface area contributed by atoms with Crippen LogP contribution in [-0.2, 0) is 6.18 Å². The van der Waals surface area contributed by atoms with Crippen LogP contribution in [0.25, 0.3) is 0 Å². The van der Waals surface area contributed by atoms with Gasteiger partial charge >= 0.3 is 6.18 Å². The Morgan fingerprint density at radius 1 is 1.45 bits per heavy atom. The zero-order valence-corrected chi connectivity index (χ0v) is 11.5. The number of pyridine rings is 1. The molecular formula is C13H19F3N4. The molecule has 1 rings (SSSR count). The molecule has 1 aromatic rings. The second-order valence-electron chi connectivity index (χ2n) is 4.99. The summed E-state index contributed by atoms with van der Waals surface area (Å²) in [4.78, 5) is 5.41. The van der Waals surface area contributed by atoms with Crippen molar-refractivity contribution in [1.29, 1.82) is 5.41 Å². The van der Waals surface area contributed by atoms with E-state index in [1.54, 1.807) is 0 Å². The summed E-state index contributed by atoms with van der Waals surface area (Å²) in [5, 5.41) is 7.22. The zero-order chi connectivity index (χ0) is 15.3. The van der Waals surface area contributed by atoms with Gasteiger partial charge in [-0.05, 0) is 18.1 Å². The van der Waals surface area contributed by atoms with Crippen LogP contribution in [-0.4, -0.2) is 23.9 Å². The summed E-state index contributed by atoms with van der Waals surface area (Å²) < 4.78 is 39.0. The Labute approximate surface area is 116 Å². The fraction of sp³-hybridized carbons (Fsp3) is 0.538. The largest absolute Gasteiger partial charge is 0.419 e. The molecule has 7 heteroatoms. The second-order valence-corrected chi connectivity index (χ2v) is 4.99. The number of amidine groups is 1.